The average molecular weight is 383 g/mol. The first-order chi connectivity index (χ1) is 14.2. The van der Waals surface area contributed by atoms with E-state index in [1.165, 1.54) is 21.9 Å². The molecular formula is C25H25N3O. The summed E-state index contributed by atoms with van der Waals surface area (Å²) in [6.45, 7) is 1.84. The second-order valence-corrected chi connectivity index (χ2v) is 8.17. The monoisotopic (exact) mass is 383 g/mol. The molecule has 1 aliphatic heterocycles. The van der Waals surface area contributed by atoms with Crippen molar-refractivity contribution in [2.45, 2.75) is 30.8 Å². The molecule has 1 N–H and O–H groups in total. The van der Waals surface area contributed by atoms with Crippen molar-refractivity contribution in [3.8, 4) is 11.8 Å². The van der Waals surface area contributed by atoms with Crippen LogP contribution in [0.1, 0.15) is 30.0 Å². The van der Waals surface area contributed by atoms with Crippen LogP contribution in [-0.4, -0.2) is 30.6 Å². The fourth-order valence-electron chi connectivity index (χ4n) is 4.97. The summed E-state index contributed by atoms with van der Waals surface area (Å²) in [5.41, 5.74) is 3.36. The number of hydrogen-bond donors (Lipinski definition) is 1. The molecular weight excluding hydrogens is 358 g/mol. The molecule has 29 heavy (non-hydrogen) atoms. The Kier molecular flexibility index (Phi) is 4.41. The van der Waals surface area contributed by atoms with Gasteiger partial charge in [-0.1, -0.05) is 36.4 Å². The van der Waals surface area contributed by atoms with Crippen molar-refractivity contribution in [3.63, 3.8) is 0 Å². The number of hydrogen-bond acceptors (Lipinski definition) is 4. The zero-order chi connectivity index (χ0) is 19.8. The molecule has 1 fully saturated rings. The first-order valence-electron chi connectivity index (χ1n) is 10.3. The van der Waals surface area contributed by atoms with Gasteiger partial charge in [0.15, 0.2) is 0 Å². The third-order valence-corrected chi connectivity index (χ3v) is 6.58. The molecule has 4 heteroatoms. The second kappa shape index (κ2) is 7.09. The van der Waals surface area contributed by atoms with E-state index in [2.05, 4.69) is 52.7 Å². The maximum atomic E-state index is 9.96. The van der Waals surface area contributed by atoms with Gasteiger partial charge in [0.05, 0.1) is 13.2 Å². The summed E-state index contributed by atoms with van der Waals surface area (Å²) in [5, 5.41) is 16.2. The van der Waals surface area contributed by atoms with Gasteiger partial charge < -0.3 is 10.1 Å². The number of rotatable bonds is 4. The normalized spacial score (nSPS) is 20.3. The van der Waals surface area contributed by atoms with Crippen LogP contribution in [0.2, 0.25) is 0 Å². The Morgan fingerprint density at radius 2 is 1.76 bits per heavy atom. The number of piperidine rings is 1. The highest BCUT2D eigenvalue weighted by atomic mass is 16.5. The SMILES string of the molecule is COc1ccc(NC2(C#N)CCN(C3Cc4cccc5cccc3c45)CC2)cc1. The molecule has 3 aromatic carbocycles. The highest BCUT2D eigenvalue weighted by Gasteiger charge is 2.38. The molecule has 2 aliphatic rings. The molecule has 1 unspecified atom stereocenters. The molecule has 0 saturated carbocycles. The van der Waals surface area contributed by atoms with Crippen LogP contribution < -0.4 is 10.1 Å². The van der Waals surface area contributed by atoms with E-state index in [-0.39, 0.29) is 0 Å². The minimum atomic E-state index is -0.511. The summed E-state index contributed by atoms with van der Waals surface area (Å²) in [4.78, 5) is 2.57. The van der Waals surface area contributed by atoms with Crippen LogP contribution in [-0.2, 0) is 6.42 Å². The summed E-state index contributed by atoms with van der Waals surface area (Å²) >= 11 is 0. The van der Waals surface area contributed by atoms with Gasteiger partial charge in [0.1, 0.15) is 11.3 Å². The first-order valence-corrected chi connectivity index (χ1v) is 10.3. The summed E-state index contributed by atoms with van der Waals surface area (Å²) in [7, 11) is 1.66. The van der Waals surface area contributed by atoms with Gasteiger partial charge in [-0.15, -0.1) is 0 Å². The third-order valence-electron chi connectivity index (χ3n) is 6.58. The lowest BCUT2D eigenvalue weighted by atomic mass is 9.87. The zero-order valence-corrected chi connectivity index (χ0v) is 16.7. The number of likely N-dealkylation sites (tertiary alicyclic amines) is 1. The Morgan fingerprint density at radius 1 is 1.03 bits per heavy atom. The minimum Gasteiger partial charge on any atom is -0.497 e. The quantitative estimate of drug-likeness (QED) is 0.695. The number of anilines is 1. The van der Waals surface area contributed by atoms with Crippen LogP contribution >= 0.6 is 0 Å². The minimum absolute atomic E-state index is 0.425. The molecule has 1 saturated heterocycles. The number of nitriles is 1. The van der Waals surface area contributed by atoms with E-state index in [1.54, 1.807) is 7.11 Å². The standard InChI is InChI=1S/C25H25N3O/c1-29-21-10-8-20(9-11-21)27-25(17-26)12-14-28(15-13-25)23-16-19-6-2-4-18-5-3-7-22(23)24(18)19/h2-11,23,27H,12-16H2,1H3. The highest BCUT2D eigenvalue weighted by Crippen LogP contribution is 2.42. The van der Waals surface area contributed by atoms with E-state index in [0.29, 0.717) is 6.04 Å². The lowest BCUT2D eigenvalue weighted by molar-refractivity contribution is 0.144. The van der Waals surface area contributed by atoms with Gasteiger partial charge >= 0.3 is 0 Å². The number of methoxy groups -OCH3 is 1. The highest BCUT2D eigenvalue weighted by molar-refractivity contribution is 5.91. The van der Waals surface area contributed by atoms with Gasteiger partial charge in [0, 0.05) is 24.8 Å². The zero-order valence-electron chi connectivity index (χ0n) is 16.7. The van der Waals surface area contributed by atoms with Crippen molar-refractivity contribution in [1.29, 1.82) is 5.26 Å². The summed E-state index contributed by atoms with van der Waals surface area (Å²) in [6.07, 6.45) is 2.71. The predicted octanol–water partition coefficient (Wildman–Crippen LogP) is 4.92. The lowest BCUT2D eigenvalue weighted by Crippen LogP contribution is -2.49. The van der Waals surface area contributed by atoms with Crippen molar-refractivity contribution in [2.75, 3.05) is 25.5 Å². The van der Waals surface area contributed by atoms with E-state index in [0.717, 1.165) is 43.8 Å². The summed E-state index contributed by atoms with van der Waals surface area (Å²) < 4.78 is 5.23. The number of benzene rings is 3. The van der Waals surface area contributed by atoms with E-state index in [4.69, 9.17) is 4.74 Å². The molecule has 0 amide bonds. The third kappa shape index (κ3) is 3.12. The van der Waals surface area contributed by atoms with Gasteiger partial charge in [0.2, 0.25) is 0 Å². The smallest absolute Gasteiger partial charge is 0.127 e. The molecule has 1 atom stereocenters. The molecule has 5 rings (SSSR count). The van der Waals surface area contributed by atoms with Crippen molar-refractivity contribution in [3.05, 3.63) is 71.8 Å². The molecule has 1 heterocycles. The van der Waals surface area contributed by atoms with E-state index >= 15 is 0 Å². The largest absolute Gasteiger partial charge is 0.497 e. The molecule has 3 aromatic rings. The van der Waals surface area contributed by atoms with E-state index in [1.807, 2.05) is 24.3 Å². The van der Waals surface area contributed by atoms with E-state index < -0.39 is 5.54 Å². The first kappa shape index (κ1) is 18.0. The van der Waals surface area contributed by atoms with Crippen LogP contribution in [0, 0.1) is 11.3 Å². The number of ether oxygens (including phenoxy) is 1. The fraction of sp³-hybridized carbons (Fsp3) is 0.320. The van der Waals surface area contributed by atoms with Gasteiger partial charge in [-0.2, -0.15) is 5.26 Å². The van der Waals surface area contributed by atoms with Crippen molar-refractivity contribution >= 4 is 16.5 Å². The Balaban J connectivity index is 1.32. The summed E-state index contributed by atoms with van der Waals surface area (Å²) in [5.74, 6) is 0.825. The molecule has 1 aliphatic carbocycles. The maximum absolute atomic E-state index is 9.96. The van der Waals surface area contributed by atoms with Crippen LogP contribution in [0.5, 0.6) is 5.75 Å². The van der Waals surface area contributed by atoms with Crippen molar-refractivity contribution in [1.82, 2.24) is 4.90 Å². The number of nitrogens with one attached hydrogen (secondary N) is 1. The molecule has 0 radical (unpaired) electrons. The summed E-state index contributed by atoms with van der Waals surface area (Å²) in [6, 6.07) is 24.1. The molecule has 4 nitrogen and oxygen atoms in total. The van der Waals surface area contributed by atoms with Crippen molar-refractivity contribution < 1.29 is 4.74 Å². The van der Waals surface area contributed by atoms with E-state index in [9.17, 15) is 5.26 Å². The van der Waals surface area contributed by atoms with Crippen LogP contribution in [0.25, 0.3) is 10.8 Å². The molecule has 0 spiro atoms. The van der Waals surface area contributed by atoms with Crippen LogP contribution in [0.3, 0.4) is 0 Å². The van der Waals surface area contributed by atoms with Crippen LogP contribution in [0.4, 0.5) is 5.69 Å². The van der Waals surface area contributed by atoms with Gasteiger partial charge in [0.25, 0.3) is 0 Å². The van der Waals surface area contributed by atoms with Gasteiger partial charge in [-0.05, 0) is 65.4 Å². The maximum Gasteiger partial charge on any atom is 0.127 e. The number of nitrogens with zero attached hydrogens (tertiary/aromatic N) is 2. The fourth-order valence-corrected chi connectivity index (χ4v) is 4.97. The molecule has 146 valence electrons. The Morgan fingerprint density at radius 3 is 2.45 bits per heavy atom. The van der Waals surface area contributed by atoms with Crippen molar-refractivity contribution in [2.24, 2.45) is 0 Å². The molecule has 0 aromatic heterocycles. The topological polar surface area (TPSA) is 48.3 Å². The Bertz CT molecular complexity index is 1070. The van der Waals surface area contributed by atoms with Gasteiger partial charge in [-0.3, -0.25) is 4.90 Å². The Labute approximate surface area is 171 Å². The van der Waals surface area contributed by atoms with Gasteiger partial charge in [-0.25, -0.2) is 0 Å². The second-order valence-electron chi connectivity index (χ2n) is 8.17. The molecule has 0 bridgehead atoms. The lowest BCUT2D eigenvalue weighted by Gasteiger charge is -2.41. The Hall–Kier alpha value is -3.03. The average Bonchev–Trinajstić information content (AvgIpc) is 3.16. The predicted molar refractivity (Wildman–Crippen MR) is 116 cm³/mol. The van der Waals surface area contributed by atoms with Crippen LogP contribution in [0.15, 0.2) is 60.7 Å².